The van der Waals surface area contributed by atoms with Gasteiger partial charge in [0.15, 0.2) is 0 Å². The van der Waals surface area contributed by atoms with Gasteiger partial charge in [-0.15, -0.1) is 0 Å². The Kier molecular flexibility index (Phi) is 2.11. The van der Waals surface area contributed by atoms with Gasteiger partial charge in [0, 0.05) is 11.6 Å². The molecule has 4 heteroatoms. The molecule has 0 bridgehead atoms. The largest absolute Gasteiger partial charge is 0.481 e. The average Bonchev–Trinajstić information content (AvgIpc) is 2.16. The third-order valence-corrected chi connectivity index (χ3v) is 2.67. The standard InChI is InChI=1S/C10H11NO3/c12-9-7(10(13)14)5-6-3-1-2-4-8(6)11-9/h1-2,4,6-7H,3,5H2,(H,11,12)(H,13,14). The van der Waals surface area contributed by atoms with Gasteiger partial charge in [-0.2, -0.15) is 0 Å². The van der Waals surface area contributed by atoms with E-state index in [0.29, 0.717) is 6.42 Å². The van der Waals surface area contributed by atoms with Gasteiger partial charge in [-0.05, 0) is 18.9 Å². The summed E-state index contributed by atoms with van der Waals surface area (Å²) in [7, 11) is 0. The number of nitrogens with one attached hydrogen (secondary N) is 1. The first-order valence-electron chi connectivity index (χ1n) is 4.59. The van der Waals surface area contributed by atoms with E-state index < -0.39 is 17.8 Å². The van der Waals surface area contributed by atoms with Crippen molar-refractivity contribution in [3.05, 3.63) is 23.9 Å². The maximum absolute atomic E-state index is 11.3. The summed E-state index contributed by atoms with van der Waals surface area (Å²) in [6, 6.07) is 0. The van der Waals surface area contributed by atoms with Crippen LogP contribution in [0, 0.1) is 11.8 Å². The Balaban J connectivity index is 2.19. The highest BCUT2D eigenvalue weighted by atomic mass is 16.4. The van der Waals surface area contributed by atoms with Gasteiger partial charge in [0.1, 0.15) is 5.92 Å². The number of carbonyl (C=O) groups excluding carboxylic acids is 1. The third-order valence-electron chi connectivity index (χ3n) is 2.67. The summed E-state index contributed by atoms with van der Waals surface area (Å²) in [5.74, 6) is -2.14. The molecule has 2 unspecified atom stereocenters. The summed E-state index contributed by atoms with van der Waals surface area (Å²) in [5, 5.41) is 11.4. The second kappa shape index (κ2) is 3.29. The predicted molar refractivity (Wildman–Crippen MR) is 49.2 cm³/mol. The molecule has 0 aromatic heterocycles. The molecule has 0 aromatic rings. The van der Waals surface area contributed by atoms with Crippen LogP contribution >= 0.6 is 0 Å². The van der Waals surface area contributed by atoms with Crippen molar-refractivity contribution in [2.24, 2.45) is 11.8 Å². The van der Waals surface area contributed by atoms with Crippen molar-refractivity contribution < 1.29 is 14.7 Å². The maximum atomic E-state index is 11.3. The topological polar surface area (TPSA) is 66.4 Å². The molecular weight excluding hydrogens is 182 g/mol. The van der Waals surface area contributed by atoms with Crippen molar-refractivity contribution in [2.75, 3.05) is 0 Å². The highest BCUT2D eigenvalue weighted by molar-refractivity contribution is 5.98. The number of carboxylic acid groups (broad SMARTS) is 1. The second-order valence-electron chi connectivity index (χ2n) is 3.60. The zero-order valence-corrected chi connectivity index (χ0v) is 7.56. The van der Waals surface area contributed by atoms with Crippen LogP contribution in [0.25, 0.3) is 0 Å². The quantitative estimate of drug-likeness (QED) is 0.601. The van der Waals surface area contributed by atoms with Crippen LogP contribution in [0.3, 0.4) is 0 Å². The molecule has 2 atom stereocenters. The second-order valence-corrected chi connectivity index (χ2v) is 3.60. The van der Waals surface area contributed by atoms with Crippen molar-refractivity contribution in [3.8, 4) is 0 Å². The molecule has 1 aliphatic carbocycles. The molecule has 2 rings (SSSR count). The van der Waals surface area contributed by atoms with Gasteiger partial charge < -0.3 is 10.4 Å². The lowest BCUT2D eigenvalue weighted by molar-refractivity contribution is -0.148. The summed E-state index contributed by atoms with van der Waals surface area (Å²) in [6.45, 7) is 0. The molecule has 1 heterocycles. The van der Waals surface area contributed by atoms with Crippen molar-refractivity contribution in [2.45, 2.75) is 12.8 Å². The van der Waals surface area contributed by atoms with E-state index in [1.807, 2.05) is 18.2 Å². The van der Waals surface area contributed by atoms with E-state index in [0.717, 1.165) is 12.1 Å². The summed E-state index contributed by atoms with van der Waals surface area (Å²) in [6.07, 6.45) is 6.94. The Bertz CT molecular complexity index is 343. The van der Waals surface area contributed by atoms with Gasteiger partial charge in [-0.3, -0.25) is 9.59 Å². The molecular formula is C10H11NO3. The molecule has 2 aliphatic rings. The van der Waals surface area contributed by atoms with Crippen molar-refractivity contribution in [1.29, 1.82) is 0 Å². The number of hydrogen-bond donors (Lipinski definition) is 2. The highest BCUT2D eigenvalue weighted by Gasteiger charge is 2.36. The number of amides is 1. The summed E-state index contributed by atoms with van der Waals surface area (Å²) < 4.78 is 0. The van der Waals surface area contributed by atoms with Crippen molar-refractivity contribution >= 4 is 11.9 Å². The number of carbonyl (C=O) groups is 2. The van der Waals surface area contributed by atoms with E-state index in [1.54, 1.807) is 0 Å². The number of fused-ring (bicyclic) bond motifs is 1. The van der Waals surface area contributed by atoms with Gasteiger partial charge in [0.05, 0.1) is 0 Å². The minimum Gasteiger partial charge on any atom is -0.481 e. The zero-order chi connectivity index (χ0) is 10.1. The Morgan fingerprint density at radius 1 is 1.57 bits per heavy atom. The zero-order valence-electron chi connectivity index (χ0n) is 7.56. The van der Waals surface area contributed by atoms with E-state index in [-0.39, 0.29) is 5.92 Å². The Labute approximate surface area is 81.3 Å². The number of rotatable bonds is 1. The lowest BCUT2D eigenvalue weighted by Gasteiger charge is -2.30. The van der Waals surface area contributed by atoms with Crippen molar-refractivity contribution in [3.63, 3.8) is 0 Å². The molecule has 1 fully saturated rings. The first kappa shape index (κ1) is 8.99. The number of hydrogen-bond acceptors (Lipinski definition) is 2. The fraction of sp³-hybridized carbons (Fsp3) is 0.400. The van der Waals surface area contributed by atoms with Gasteiger partial charge in [0.25, 0.3) is 0 Å². The fourth-order valence-electron chi connectivity index (χ4n) is 1.88. The molecule has 4 nitrogen and oxygen atoms in total. The van der Waals surface area contributed by atoms with Crippen LogP contribution in [-0.4, -0.2) is 17.0 Å². The average molecular weight is 193 g/mol. The highest BCUT2D eigenvalue weighted by Crippen LogP contribution is 2.30. The van der Waals surface area contributed by atoms with E-state index in [1.165, 1.54) is 0 Å². The van der Waals surface area contributed by atoms with E-state index in [2.05, 4.69) is 5.32 Å². The van der Waals surface area contributed by atoms with Crippen molar-refractivity contribution in [1.82, 2.24) is 5.32 Å². The molecule has 74 valence electrons. The molecule has 1 amide bonds. The Hall–Kier alpha value is -1.58. The van der Waals surface area contributed by atoms with Crippen LogP contribution < -0.4 is 5.32 Å². The van der Waals surface area contributed by atoms with Gasteiger partial charge in [0.2, 0.25) is 5.91 Å². The van der Waals surface area contributed by atoms with Gasteiger partial charge >= 0.3 is 5.97 Å². The molecule has 0 aromatic carbocycles. The summed E-state index contributed by atoms with van der Waals surface area (Å²) >= 11 is 0. The molecule has 1 aliphatic heterocycles. The molecule has 0 saturated carbocycles. The van der Waals surface area contributed by atoms with Crippen LogP contribution in [0.15, 0.2) is 23.9 Å². The van der Waals surface area contributed by atoms with Crippen LogP contribution in [0.5, 0.6) is 0 Å². The number of piperidine rings is 1. The first-order chi connectivity index (χ1) is 6.68. The lowest BCUT2D eigenvalue weighted by atomic mass is 9.83. The number of carboxylic acids is 1. The van der Waals surface area contributed by atoms with Crippen LogP contribution in [0.4, 0.5) is 0 Å². The Morgan fingerprint density at radius 3 is 3.07 bits per heavy atom. The number of allylic oxidation sites excluding steroid dienone is 4. The first-order valence-corrected chi connectivity index (χ1v) is 4.59. The molecule has 2 N–H and O–H groups in total. The minimum absolute atomic E-state index is 0.166. The number of aliphatic carboxylic acids is 1. The SMILES string of the molecule is O=C(O)C1CC2CC=CC=C2NC1=O. The summed E-state index contributed by atoms with van der Waals surface area (Å²) in [4.78, 5) is 22.1. The van der Waals surface area contributed by atoms with Gasteiger partial charge in [-0.25, -0.2) is 0 Å². The van der Waals surface area contributed by atoms with Gasteiger partial charge in [-0.1, -0.05) is 12.2 Å². The third kappa shape index (κ3) is 1.43. The van der Waals surface area contributed by atoms with E-state index in [9.17, 15) is 9.59 Å². The lowest BCUT2D eigenvalue weighted by Crippen LogP contribution is -2.43. The molecule has 14 heavy (non-hydrogen) atoms. The summed E-state index contributed by atoms with van der Waals surface area (Å²) in [5.41, 5.74) is 0.856. The molecule has 1 saturated heterocycles. The normalized spacial score (nSPS) is 30.3. The van der Waals surface area contributed by atoms with E-state index >= 15 is 0 Å². The predicted octanol–water partition coefficient (Wildman–Crippen LogP) is 0.667. The van der Waals surface area contributed by atoms with Crippen LogP contribution in [-0.2, 0) is 9.59 Å². The van der Waals surface area contributed by atoms with E-state index in [4.69, 9.17) is 5.11 Å². The van der Waals surface area contributed by atoms with Crippen LogP contribution in [0.2, 0.25) is 0 Å². The maximum Gasteiger partial charge on any atom is 0.316 e. The fourth-order valence-corrected chi connectivity index (χ4v) is 1.88. The molecule has 0 spiro atoms. The smallest absolute Gasteiger partial charge is 0.316 e. The Morgan fingerprint density at radius 2 is 2.36 bits per heavy atom. The van der Waals surface area contributed by atoms with Crippen LogP contribution in [0.1, 0.15) is 12.8 Å². The minimum atomic E-state index is -1.03. The monoisotopic (exact) mass is 193 g/mol. The molecule has 0 radical (unpaired) electrons.